The van der Waals surface area contributed by atoms with Crippen LogP contribution in [0.1, 0.15) is 37.5 Å². The highest BCUT2D eigenvalue weighted by Crippen LogP contribution is 2.17. The van der Waals surface area contributed by atoms with E-state index in [0.29, 0.717) is 6.04 Å². The Morgan fingerprint density at radius 3 is 2.60 bits per heavy atom. The number of thiazole rings is 1. The molecule has 0 bridgehead atoms. The van der Waals surface area contributed by atoms with Crippen LogP contribution in [0.5, 0.6) is 0 Å². The molecule has 3 nitrogen and oxygen atoms in total. The Kier molecular flexibility index (Phi) is 4.70. The fraction of sp³-hybridized carbons (Fsp3) is 0.727. The number of rotatable bonds is 5. The molecule has 0 amide bonds. The van der Waals surface area contributed by atoms with Gasteiger partial charge in [-0.1, -0.05) is 6.92 Å². The maximum Gasteiger partial charge on any atom is 0.0898 e. The standard InChI is InChI=1S/C11H20N2OS/c1-7(5-14)8(2)12-9(3)11-6-15-10(4)13-11/h6-9,12,14H,5H2,1-4H3. The van der Waals surface area contributed by atoms with Gasteiger partial charge in [0.05, 0.1) is 10.7 Å². The van der Waals surface area contributed by atoms with Crippen LogP contribution in [0.4, 0.5) is 0 Å². The lowest BCUT2D eigenvalue weighted by Crippen LogP contribution is -2.35. The van der Waals surface area contributed by atoms with Crippen LogP contribution in [0.25, 0.3) is 0 Å². The summed E-state index contributed by atoms with van der Waals surface area (Å²) in [4.78, 5) is 4.44. The largest absolute Gasteiger partial charge is 0.396 e. The lowest BCUT2D eigenvalue weighted by atomic mass is 10.0. The van der Waals surface area contributed by atoms with Crippen LogP contribution in [0.15, 0.2) is 5.38 Å². The highest BCUT2D eigenvalue weighted by molar-refractivity contribution is 7.09. The van der Waals surface area contributed by atoms with E-state index in [4.69, 9.17) is 5.11 Å². The molecule has 1 aromatic heterocycles. The van der Waals surface area contributed by atoms with Crippen molar-refractivity contribution in [2.45, 2.75) is 39.8 Å². The fourth-order valence-corrected chi connectivity index (χ4v) is 2.09. The van der Waals surface area contributed by atoms with Crippen LogP contribution >= 0.6 is 11.3 Å². The summed E-state index contributed by atoms with van der Waals surface area (Å²) in [6, 6.07) is 0.547. The van der Waals surface area contributed by atoms with Gasteiger partial charge >= 0.3 is 0 Å². The predicted molar refractivity (Wildman–Crippen MR) is 64.1 cm³/mol. The quantitative estimate of drug-likeness (QED) is 0.811. The summed E-state index contributed by atoms with van der Waals surface area (Å²) in [5, 5.41) is 15.7. The molecule has 15 heavy (non-hydrogen) atoms. The summed E-state index contributed by atoms with van der Waals surface area (Å²) in [5.74, 6) is 0.271. The average molecular weight is 228 g/mol. The first-order valence-corrected chi connectivity index (χ1v) is 6.21. The first-order chi connectivity index (χ1) is 7.04. The van der Waals surface area contributed by atoms with Gasteiger partial charge in [0.15, 0.2) is 0 Å². The van der Waals surface area contributed by atoms with Gasteiger partial charge in [-0.25, -0.2) is 4.98 Å². The Hall–Kier alpha value is -0.450. The molecule has 1 aromatic rings. The first-order valence-electron chi connectivity index (χ1n) is 5.33. The van der Waals surface area contributed by atoms with Crippen LogP contribution in [0.3, 0.4) is 0 Å². The molecule has 0 radical (unpaired) electrons. The molecule has 86 valence electrons. The summed E-state index contributed by atoms with van der Waals surface area (Å²) in [5.41, 5.74) is 1.09. The summed E-state index contributed by atoms with van der Waals surface area (Å²) in [6.45, 7) is 8.47. The number of hydrogen-bond acceptors (Lipinski definition) is 4. The summed E-state index contributed by atoms with van der Waals surface area (Å²) < 4.78 is 0. The van der Waals surface area contributed by atoms with E-state index in [1.54, 1.807) is 11.3 Å². The minimum atomic E-state index is 0.219. The second-order valence-electron chi connectivity index (χ2n) is 4.13. The van der Waals surface area contributed by atoms with Gasteiger partial charge < -0.3 is 10.4 Å². The topological polar surface area (TPSA) is 45.2 Å². The van der Waals surface area contributed by atoms with E-state index in [-0.39, 0.29) is 18.6 Å². The van der Waals surface area contributed by atoms with E-state index in [1.165, 1.54) is 0 Å². The molecular formula is C11H20N2OS. The number of aryl methyl sites for hydroxylation is 1. The molecule has 0 spiro atoms. The number of hydrogen-bond donors (Lipinski definition) is 2. The van der Waals surface area contributed by atoms with Crippen molar-refractivity contribution >= 4 is 11.3 Å². The maximum absolute atomic E-state index is 9.04. The average Bonchev–Trinajstić information content (AvgIpc) is 2.63. The van der Waals surface area contributed by atoms with Gasteiger partial charge in [0.1, 0.15) is 0 Å². The van der Waals surface area contributed by atoms with Crippen molar-refractivity contribution in [3.05, 3.63) is 16.1 Å². The van der Waals surface area contributed by atoms with Crippen LogP contribution in [-0.2, 0) is 0 Å². The summed E-state index contributed by atoms with van der Waals surface area (Å²) >= 11 is 1.67. The van der Waals surface area contributed by atoms with E-state index >= 15 is 0 Å². The number of aliphatic hydroxyl groups excluding tert-OH is 1. The molecule has 3 atom stereocenters. The van der Waals surface area contributed by atoms with E-state index in [1.807, 2.05) is 13.8 Å². The van der Waals surface area contributed by atoms with E-state index in [2.05, 4.69) is 29.5 Å². The van der Waals surface area contributed by atoms with Gasteiger partial charge in [0, 0.05) is 24.1 Å². The molecule has 0 aliphatic carbocycles. The van der Waals surface area contributed by atoms with Crippen molar-refractivity contribution in [3.63, 3.8) is 0 Å². The van der Waals surface area contributed by atoms with Crippen molar-refractivity contribution in [1.82, 2.24) is 10.3 Å². The van der Waals surface area contributed by atoms with Crippen LogP contribution in [0.2, 0.25) is 0 Å². The second kappa shape index (κ2) is 5.58. The van der Waals surface area contributed by atoms with E-state index in [0.717, 1.165) is 10.7 Å². The smallest absolute Gasteiger partial charge is 0.0898 e. The molecule has 1 rings (SSSR count). The molecule has 4 heteroatoms. The van der Waals surface area contributed by atoms with Crippen LogP contribution < -0.4 is 5.32 Å². The van der Waals surface area contributed by atoms with Crippen molar-refractivity contribution in [1.29, 1.82) is 0 Å². The van der Waals surface area contributed by atoms with Crippen molar-refractivity contribution in [3.8, 4) is 0 Å². The first kappa shape index (κ1) is 12.6. The Labute approximate surface area is 95.6 Å². The minimum Gasteiger partial charge on any atom is -0.396 e. The van der Waals surface area contributed by atoms with Gasteiger partial charge in [-0.3, -0.25) is 0 Å². The second-order valence-corrected chi connectivity index (χ2v) is 5.19. The Morgan fingerprint density at radius 2 is 2.13 bits per heavy atom. The molecule has 0 aromatic carbocycles. The number of nitrogens with one attached hydrogen (secondary N) is 1. The molecule has 0 fully saturated rings. The van der Waals surface area contributed by atoms with Gasteiger partial charge in [-0.2, -0.15) is 0 Å². The monoisotopic (exact) mass is 228 g/mol. The third-order valence-corrected chi connectivity index (χ3v) is 3.53. The molecular weight excluding hydrogens is 208 g/mol. The number of aliphatic hydroxyl groups is 1. The minimum absolute atomic E-state index is 0.219. The molecule has 3 unspecified atom stereocenters. The molecule has 0 aliphatic heterocycles. The Bertz CT molecular complexity index is 301. The van der Waals surface area contributed by atoms with Gasteiger partial charge in [0.25, 0.3) is 0 Å². The zero-order valence-corrected chi connectivity index (χ0v) is 10.6. The molecule has 0 saturated heterocycles. The summed E-state index contributed by atoms with van der Waals surface area (Å²) in [7, 11) is 0. The van der Waals surface area contributed by atoms with Gasteiger partial charge in [0.2, 0.25) is 0 Å². The van der Waals surface area contributed by atoms with Crippen LogP contribution in [-0.4, -0.2) is 22.7 Å². The van der Waals surface area contributed by atoms with Gasteiger partial charge in [-0.15, -0.1) is 11.3 Å². The fourth-order valence-electron chi connectivity index (χ4n) is 1.38. The third-order valence-electron chi connectivity index (χ3n) is 2.73. The zero-order valence-electron chi connectivity index (χ0n) is 9.82. The molecule has 0 saturated carbocycles. The number of nitrogens with zero attached hydrogens (tertiary/aromatic N) is 1. The number of aromatic nitrogens is 1. The highest BCUT2D eigenvalue weighted by atomic mass is 32.1. The Balaban J connectivity index is 2.52. The SMILES string of the molecule is Cc1nc(C(C)NC(C)C(C)CO)cs1. The van der Waals surface area contributed by atoms with Crippen molar-refractivity contribution in [2.75, 3.05) is 6.61 Å². The lowest BCUT2D eigenvalue weighted by Gasteiger charge is -2.23. The molecule has 1 heterocycles. The van der Waals surface area contributed by atoms with E-state index < -0.39 is 0 Å². The maximum atomic E-state index is 9.04. The van der Waals surface area contributed by atoms with Crippen molar-refractivity contribution < 1.29 is 5.11 Å². The zero-order chi connectivity index (χ0) is 11.4. The van der Waals surface area contributed by atoms with Crippen LogP contribution in [0, 0.1) is 12.8 Å². The molecule has 2 N–H and O–H groups in total. The highest BCUT2D eigenvalue weighted by Gasteiger charge is 2.15. The molecule has 0 aliphatic rings. The van der Waals surface area contributed by atoms with Gasteiger partial charge in [-0.05, 0) is 26.7 Å². The Morgan fingerprint density at radius 1 is 1.47 bits per heavy atom. The van der Waals surface area contributed by atoms with E-state index in [9.17, 15) is 0 Å². The summed E-state index contributed by atoms with van der Waals surface area (Å²) in [6.07, 6.45) is 0. The lowest BCUT2D eigenvalue weighted by molar-refractivity contribution is 0.202. The predicted octanol–water partition coefficient (Wildman–Crippen LogP) is 2.12. The van der Waals surface area contributed by atoms with Crippen molar-refractivity contribution in [2.24, 2.45) is 5.92 Å². The third kappa shape index (κ3) is 3.55. The normalized spacial score (nSPS) is 17.4.